The van der Waals surface area contributed by atoms with Crippen molar-refractivity contribution in [1.82, 2.24) is 5.32 Å². The van der Waals surface area contributed by atoms with E-state index in [-0.39, 0.29) is 6.04 Å². The van der Waals surface area contributed by atoms with Crippen molar-refractivity contribution in [3.8, 4) is 5.75 Å². The Bertz CT molecular complexity index is 344. The third-order valence-corrected chi connectivity index (χ3v) is 3.11. The highest BCUT2D eigenvalue weighted by molar-refractivity contribution is 9.10. The van der Waals surface area contributed by atoms with Gasteiger partial charge in [0.1, 0.15) is 5.75 Å². The van der Waals surface area contributed by atoms with Gasteiger partial charge in [0.15, 0.2) is 0 Å². The van der Waals surface area contributed by atoms with Gasteiger partial charge in [-0.25, -0.2) is 0 Å². The van der Waals surface area contributed by atoms with Gasteiger partial charge < -0.3 is 15.2 Å². The van der Waals surface area contributed by atoms with E-state index in [0.717, 1.165) is 29.6 Å². The Morgan fingerprint density at radius 2 is 2.18 bits per heavy atom. The van der Waals surface area contributed by atoms with E-state index in [4.69, 9.17) is 4.74 Å². The van der Waals surface area contributed by atoms with Crippen LogP contribution < -0.4 is 5.32 Å². The van der Waals surface area contributed by atoms with Crippen LogP contribution in [-0.4, -0.2) is 24.9 Å². The molecule has 0 aliphatic heterocycles. The smallest absolute Gasteiger partial charge is 0.120 e. The van der Waals surface area contributed by atoms with E-state index in [0.29, 0.717) is 12.4 Å². The van der Waals surface area contributed by atoms with Crippen molar-refractivity contribution >= 4 is 15.9 Å². The first kappa shape index (κ1) is 14.5. The minimum absolute atomic E-state index is 0.160. The third kappa shape index (κ3) is 4.66. The van der Waals surface area contributed by atoms with E-state index in [1.54, 1.807) is 6.07 Å². The molecule has 0 aliphatic rings. The first-order valence-electron chi connectivity index (χ1n) is 5.98. The molecule has 1 unspecified atom stereocenters. The zero-order chi connectivity index (χ0) is 12.7. The number of nitrogens with one attached hydrogen (secondary N) is 1. The van der Waals surface area contributed by atoms with Gasteiger partial charge in [-0.05, 0) is 31.5 Å². The molecule has 0 bridgehead atoms. The van der Waals surface area contributed by atoms with Gasteiger partial charge in [0, 0.05) is 29.2 Å². The van der Waals surface area contributed by atoms with Crippen LogP contribution in [0.2, 0.25) is 0 Å². The standard InChI is InChI=1S/C13H20BrNO2/c1-3-12(15-7-8-17-4-2)11-9-10(14)5-6-13(11)16/h5-6,9,12,15-16H,3-4,7-8H2,1-2H3. The van der Waals surface area contributed by atoms with Crippen molar-refractivity contribution < 1.29 is 9.84 Å². The highest BCUT2D eigenvalue weighted by atomic mass is 79.9. The number of ether oxygens (including phenoxy) is 1. The average Bonchev–Trinajstić information content (AvgIpc) is 2.33. The number of hydrogen-bond acceptors (Lipinski definition) is 3. The Balaban J connectivity index is 2.62. The molecule has 2 N–H and O–H groups in total. The van der Waals surface area contributed by atoms with Gasteiger partial charge in [0.05, 0.1) is 6.61 Å². The van der Waals surface area contributed by atoms with Crippen LogP contribution >= 0.6 is 15.9 Å². The molecule has 0 amide bonds. The van der Waals surface area contributed by atoms with Gasteiger partial charge in [0.2, 0.25) is 0 Å². The summed E-state index contributed by atoms with van der Waals surface area (Å²) < 4.78 is 6.27. The summed E-state index contributed by atoms with van der Waals surface area (Å²) >= 11 is 3.42. The van der Waals surface area contributed by atoms with E-state index in [1.807, 2.05) is 19.1 Å². The maximum atomic E-state index is 9.85. The number of phenolic OH excluding ortho intramolecular Hbond substituents is 1. The van der Waals surface area contributed by atoms with Gasteiger partial charge in [-0.15, -0.1) is 0 Å². The minimum atomic E-state index is 0.160. The zero-order valence-electron chi connectivity index (χ0n) is 10.4. The zero-order valence-corrected chi connectivity index (χ0v) is 12.0. The van der Waals surface area contributed by atoms with Crippen LogP contribution in [-0.2, 0) is 4.74 Å². The lowest BCUT2D eigenvalue weighted by molar-refractivity contribution is 0.146. The fourth-order valence-corrected chi connectivity index (χ4v) is 2.11. The molecule has 0 saturated carbocycles. The van der Waals surface area contributed by atoms with Crippen LogP contribution in [0, 0.1) is 0 Å². The predicted octanol–water partition coefficient (Wildman–Crippen LogP) is 3.23. The molecule has 1 aromatic carbocycles. The van der Waals surface area contributed by atoms with E-state index in [1.165, 1.54) is 0 Å². The lowest BCUT2D eigenvalue weighted by Crippen LogP contribution is -2.25. The lowest BCUT2D eigenvalue weighted by Gasteiger charge is -2.18. The Morgan fingerprint density at radius 3 is 2.82 bits per heavy atom. The summed E-state index contributed by atoms with van der Waals surface area (Å²) in [7, 11) is 0. The van der Waals surface area contributed by atoms with Crippen molar-refractivity contribution in [3.63, 3.8) is 0 Å². The van der Waals surface area contributed by atoms with Gasteiger partial charge in [0.25, 0.3) is 0 Å². The molecule has 0 spiro atoms. The first-order valence-corrected chi connectivity index (χ1v) is 6.77. The van der Waals surface area contributed by atoms with Crippen LogP contribution in [0.25, 0.3) is 0 Å². The van der Waals surface area contributed by atoms with Gasteiger partial charge in [-0.3, -0.25) is 0 Å². The molecular weight excluding hydrogens is 282 g/mol. The summed E-state index contributed by atoms with van der Waals surface area (Å²) in [5, 5.41) is 13.2. The molecule has 3 nitrogen and oxygen atoms in total. The van der Waals surface area contributed by atoms with Crippen LogP contribution in [0.1, 0.15) is 31.9 Å². The summed E-state index contributed by atoms with van der Waals surface area (Å²) in [6, 6.07) is 5.67. The van der Waals surface area contributed by atoms with Gasteiger partial charge in [-0.1, -0.05) is 22.9 Å². The number of hydrogen-bond donors (Lipinski definition) is 2. The largest absolute Gasteiger partial charge is 0.508 e. The second-order valence-corrected chi connectivity index (χ2v) is 4.73. The molecule has 0 radical (unpaired) electrons. The molecule has 0 aliphatic carbocycles. The van der Waals surface area contributed by atoms with Crippen molar-refractivity contribution in [3.05, 3.63) is 28.2 Å². The van der Waals surface area contributed by atoms with Crippen molar-refractivity contribution in [2.45, 2.75) is 26.3 Å². The third-order valence-electron chi connectivity index (χ3n) is 2.61. The molecule has 0 saturated heterocycles. The molecule has 1 atom stereocenters. The van der Waals surface area contributed by atoms with Crippen molar-refractivity contribution in [1.29, 1.82) is 0 Å². The molecule has 0 fully saturated rings. The second kappa shape index (κ2) is 7.69. The summed E-state index contributed by atoms with van der Waals surface area (Å²) in [6.07, 6.45) is 0.927. The number of rotatable bonds is 7. The van der Waals surface area contributed by atoms with E-state index >= 15 is 0 Å². The lowest BCUT2D eigenvalue weighted by atomic mass is 10.0. The first-order chi connectivity index (χ1) is 8.19. The predicted molar refractivity (Wildman–Crippen MR) is 73.3 cm³/mol. The van der Waals surface area contributed by atoms with Gasteiger partial charge >= 0.3 is 0 Å². The Hall–Kier alpha value is -0.580. The maximum absolute atomic E-state index is 9.85. The highest BCUT2D eigenvalue weighted by Gasteiger charge is 2.13. The summed E-state index contributed by atoms with van der Waals surface area (Å²) in [5.74, 6) is 0.337. The quantitative estimate of drug-likeness (QED) is 0.760. The van der Waals surface area contributed by atoms with Crippen LogP contribution in [0.4, 0.5) is 0 Å². The minimum Gasteiger partial charge on any atom is -0.508 e. The SMILES string of the molecule is CCOCCNC(CC)c1cc(Br)ccc1O. The highest BCUT2D eigenvalue weighted by Crippen LogP contribution is 2.29. The number of aromatic hydroxyl groups is 1. The summed E-state index contributed by atoms with van der Waals surface area (Å²) in [5.41, 5.74) is 0.929. The second-order valence-electron chi connectivity index (χ2n) is 3.82. The van der Waals surface area contributed by atoms with E-state index in [2.05, 4.69) is 28.2 Å². The molecule has 17 heavy (non-hydrogen) atoms. The summed E-state index contributed by atoms with van der Waals surface area (Å²) in [6.45, 7) is 6.30. The Kier molecular flexibility index (Phi) is 6.55. The van der Waals surface area contributed by atoms with Crippen molar-refractivity contribution in [2.75, 3.05) is 19.8 Å². The van der Waals surface area contributed by atoms with Gasteiger partial charge in [-0.2, -0.15) is 0 Å². The number of halogens is 1. The topological polar surface area (TPSA) is 41.5 Å². The van der Waals surface area contributed by atoms with Crippen LogP contribution in [0.3, 0.4) is 0 Å². The fourth-order valence-electron chi connectivity index (χ4n) is 1.73. The monoisotopic (exact) mass is 301 g/mol. The van der Waals surface area contributed by atoms with Crippen LogP contribution in [0.15, 0.2) is 22.7 Å². The number of phenols is 1. The molecule has 96 valence electrons. The van der Waals surface area contributed by atoms with Crippen LogP contribution in [0.5, 0.6) is 5.75 Å². The summed E-state index contributed by atoms with van der Waals surface area (Å²) in [4.78, 5) is 0. The Labute approximate surface area is 111 Å². The normalized spacial score (nSPS) is 12.6. The molecule has 1 aromatic rings. The molecule has 0 heterocycles. The van der Waals surface area contributed by atoms with E-state index in [9.17, 15) is 5.11 Å². The average molecular weight is 302 g/mol. The molecular formula is C13H20BrNO2. The fraction of sp³-hybridized carbons (Fsp3) is 0.538. The maximum Gasteiger partial charge on any atom is 0.120 e. The molecule has 4 heteroatoms. The molecule has 0 aromatic heterocycles. The van der Waals surface area contributed by atoms with Crippen molar-refractivity contribution in [2.24, 2.45) is 0 Å². The Morgan fingerprint density at radius 1 is 1.41 bits per heavy atom. The molecule has 1 rings (SSSR count). The number of benzene rings is 1. The van der Waals surface area contributed by atoms with E-state index < -0.39 is 0 Å².